The number of hydrogen-bond donors (Lipinski definition) is 1. The minimum Gasteiger partial charge on any atom is -0.350 e. The van der Waals surface area contributed by atoms with Gasteiger partial charge in [0.25, 0.3) is 5.91 Å². The Morgan fingerprint density at radius 1 is 1.62 bits per heavy atom. The van der Waals surface area contributed by atoms with Crippen LogP contribution in [-0.4, -0.2) is 55.8 Å². The van der Waals surface area contributed by atoms with E-state index >= 15 is 0 Å². The fraction of sp³-hybridized carbons (Fsp3) is 0.667. The second-order valence-electron chi connectivity index (χ2n) is 5.04. The zero-order valence-corrected chi connectivity index (χ0v) is 14.5. The number of piperidine rings is 1. The van der Waals surface area contributed by atoms with E-state index in [1.165, 1.54) is 33.7 Å². The van der Waals surface area contributed by atoms with E-state index in [-0.39, 0.29) is 11.8 Å². The number of carbonyl (C=O) groups excluding carboxylic acids is 1. The molecule has 0 unspecified atom stereocenters. The molecule has 9 heteroatoms. The molecule has 1 fully saturated rings. The molecule has 0 aliphatic carbocycles. The van der Waals surface area contributed by atoms with E-state index in [1.807, 2.05) is 6.26 Å². The molecule has 0 radical (unpaired) electrons. The highest BCUT2D eigenvalue weighted by Crippen LogP contribution is 2.20. The lowest BCUT2D eigenvalue weighted by molar-refractivity contribution is 0.0937. The van der Waals surface area contributed by atoms with Crippen molar-refractivity contribution >= 4 is 39.0 Å². The molecule has 1 atom stereocenters. The molecule has 1 amide bonds. The molecule has 0 bridgehead atoms. The van der Waals surface area contributed by atoms with Gasteiger partial charge in [0, 0.05) is 25.0 Å². The first-order valence-corrected chi connectivity index (χ1v) is 10.6. The van der Waals surface area contributed by atoms with Crippen molar-refractivity contribution < 1.29 is 13.2 Å². The Morgan fingerprint density at radius 3 is 3.00 bits per heavy atom. The summed E-state index contributed by atoms with van der Waals surface area (Å²) in [6.07, 6.45) is 4.91. The summed E-state index contributed by atoms with van der Waals surface area (Å²) in [7, 11) is -3.14. The molecule has 118 valence electrons. The van der Waals surface area contributed by atoms with Gasteiger partial charge in [-0.25, -0.2) is 17.7 Å². The van der Waals surface area contributed by atoms with E-state index in [0.29, 0.717) is 25.3 Å². The fourth-order valence-electron chi connectivity index (χ4n) is 2.28. The summed E-state index contributed by atoms with van der Waals surface area (Å²) < 4.78 is 25.5. The summed E-state index contributed by atoms with van der Waals surface area (Å²) >= 11 is 2.96. The molecule has 1 aromatic rings. The number of thiazole rings is 1. The first-order valence-electron chi connectivity index (χ1n) is 6.63. The molecule has 1 saturated heterocycles. The second kappa shape index (κ2) is 7.08. The predicted molar refractivity (Wildman–Crippen MR) is 85.4 cm³/mol. The van der Waals surface area contributed by atoms with Gasteiger partial charge in [-0.2, -0.15) is 0 Å². The number of sulfonamides is 1. The number of thioether (sulfide) groups is 1. The van der Waals surface area contributed by atoms with E-state index < -0.39 is 10.0 Å². The lowest BCUT2D eigenvalue weighted by atomic mass is 10.00. The molecule has 1 aromatic heterocycles. The van der Waals surface area contributed by atoms with Crippen LogP contribution in [0.3, 0.4) is 0 Å². The number of hydrogen-bond acceptors (Lipinski definition) is 6. The standard InChI is InChI=1S/C12H19N3O3S3/c1-19-12-14-10(8-20-12)11(16)13-6-9-4-3-5-15(7-9)21(2,17)18/h8-9H,3-7H2,1-2H3,(H,13,16)/t9-/m0/s1. The number of amides is 1. The summed E-state index contributed by atoms with van der Waals surface area (Å²) in [6, 6.07) is 0. The van der Waals surface area contributed by atoms with Crippen LogP contribution < -0.4 is 5.32 Å². The van der Waals surface area contributed by atoms with Crippen molar-refractivity contribution in [2.45, 2.75) is 17.2 Å². The highest BCUT2D eigenvalue weighted by molar-refractivity contribution is 8.00. The molecular formula is C12H19N3O3S3. The minimum atomic E-state index is -3.14. The molecule has 0 spiro atoms. The van der Waals surface area contributed by atoms with Crippen molar-refractivity contribution in [3.63, 3.8) is 0 Å². The van der Waals surface area contributed by atoms with Gasteiger partial charge in [-0.15, -0.1) is 11.3 Å². The van der Waals surface area contributed by atoms with Gasteiger partial charge in [0.2, 0.25) is 10.0 Å². The Labute approximate surface area is 133 Å². The van der Waals surface area contributed by atoms with E-state index in [1.54, 1.807) is 5.38 Å². The highest BCUT2D eigenvalue weighted by Gasteiger charge is 2.26. The van der Waals surface area contributed by atoms with Crippen LogP contribution >= 0.6 is 23.1 Å². The number of carbonyl (C=O) groups is 1. The van der Waals surface area contributed by atoms with Crippen LogP contribution in [0, 0.1) is 5.92 Å². The van der Waals surface area contributed by atoms with Gasteiger partial charge in [0.15, 0.2) is 0 Å². The van der Waals surface area contributed by atoms with Gasteiger partial charge in [-0.05, 0) is 25.0 Å². The lowest BCUT2D eigenvalue weighted by Gasteiger charge is -2.30. The first kappa shape index (κ1) is 16.7. The SMILES string of the molecule is CSc1nc(C(=O)NC[C@@H]2CCCN(S(C)(=O)=O)C2)cs1. The summed E-state index contributed by atoms with van der Waals surface area (Å²) in [5.41, 5.74) is 0.431. The van der Waals surface area contributed by atoms with Gasteiger partial charge < -0.3 is 5.32 Å². The van der Waals surface area contributed by atoms with Crippen molar-refractivity contribution in [1.29, 1.82) is 0 Å². The van der Waals surface area contributed by atoms with Crippen molar-refractivity contribution in [2.75, 3.05) is 32.1 Å². The first-order chi connectivity index (χ1) is 9.90. The summed E-state index contributed by atoms with van der Waals surface area (Å²) in [5.74, 6) is -0.0286. The third-order valence-corrected chi connectivity index (χ3v) is 6.53. The number of rotatable bonds is 5. The number of nitrogens with zero attached hydrogens (tertiary/aromatic N) is 2. The minimum absolute atomic E-state index is 0.163. The third-order valence-electron chi connectivity index (χ3n) is 3.39. The third kappa shape index (κ3) is 4.67. The Balaban J connectivity index is 1.86. The van der Waals surface area contributed by atoms with Gasteiger partial charge in [-0.1, -0.05) is 11.8 Å². The molecule has 0 saturated carbocycles. The normalized spacial score (nSPS) is 20.4. The molecule has 21 heavy (non-hydrogen) atoms. The van der Waals surface area contributed by atoms with Crippen molar-refractivity contribution in [1.82, 2.24) is 14.6 Å². The van der Waals surface area contributed by atoms with Gasteiger partial charge >= 0.3 is 0 Å². The Bertz CT molecular complexity index is 600. The van der Waals surface area contributed by atoms with Crippen molar-refractivity contribution in [3.05, 3.63) is 11.1 Å². The maximum absolute atomic E-state index is 12.0. The van der Waals surface area contributed by atoms with Crippen molar-refractivity contribution in [3.8, 4) is 0 Å². The second-order valence-corrected chi connectivity index (χ2v) is 8.94. The summed E-state index contributed by atoms with van der Waals surface area (Å²) in [6.45, 7) is 1.54. The molecule has 1 aliphatic rings. The molecule has 1 N–H and O–H groups in total. The maximum Gasteiger partial charge on any atom is 0.270 e. The van der Waals surface area contributed by atoms with Crippen LogP contribution in [0.4, 0.5) is 0 Å². The number of nitrogens with one attached hydrogen (secondary N) is 1. The lowest BCUT2D eigenvalue weighted by Crippen LogP contribution is -2.43. The molecule has 0 aromatic carbocycles. The van der Waals surface area contributed by atoms with Crippen LogP contribution in [0.5, 0.6) is 0 Å². The van der Waals surface area contributed by atoms with Gasteiger partial charge in [0.05, 0.1) is 6.26 Å². The Hall–Kier alpha value is -0.640. The van der Waals surface area contributed by atoms with Crippen LogP contribution in [0.1, 0.15) is 23.3 Å². The Morgan fingerprint density at radius 2 is 2.38 bits per heavy atom. The zero-order valence-electron chi connectivity index (χ0n) is 12.0. The summed E-state index contributed by atoms with van der Waals surface area (Å²) in [5, 5.41) is 4.59. The smallest absolute Gasteiger partial charge is 0.270 e. The van der Waals surface area contributed by atoms with E-state index in [2.05, 4.69) is 10.3 Å². The van der Waals surface area contributed by atoms with Crippen LogP contribution in [0.15, 0.2) is 9.72 Å². The molecule has 1 aliphatic heterocycles. The van der Waals surface area contributed by atoms with Gasteiger partial charge in [-0.3, -0.25) is 4.79 Å². The highest BCUT2D eigenvalue weighted by atomic mass is 32.2. The molecule has 2 heterocycles. The molecule has 2 rings (SSSR count). The quantitative estimate of drug-likeness (QED) is 0.810. The Kier molecular flexibility index (Phi) is 5.64. The van der Waals surface area contributed by atoms with Crippen LogP contribution in [0.25, 0.3) is 0 Å². The van der Waals surface area contributed by atoms with E-state index in [0.717, 1.165) is 17.2 Å². The van der Waals surface area contributed by atoms with Gasteiger partial charge in [0.1, 0.15) is 10.0 Å². The zero-order chi connectivity index (χ0) is 15.5. The number of aromatic nitrogens is 1. The summed E-state index contributed by atoms with van der Waals surface area (Å²) in [4.78, 5) is 16.2. The van der Waals surface area contributed by atoms with E-state index in [4.69, 9.17) is 0 Å². The fourth-order valence-corrected chi connectivity index (χ4v) is 4.46. The largest absolute Gasteiger partial charge is 0.350 e. The molecule has 6 nitrogen and oxygen atoms in total. The van der Waals surface area contributed by atoms with Crippen LogP contribution in [0.2, 0.25) is 0 Å². The average molecular weight is 350 g/mol. The average Bonchev–Trinajstić information content (AvgIpc) is 2.93. The van der Waals surface area contributed by atoms with Crippen molar-refractivity contribution in [2.24, 2.45) is 5.92 Å². The van der Waals surface area contributed by atoms with Crippen LogP contribution in [-0.2, 0) is 10.0 Å². The maximum atomic E-state index is 12.0. The molecular weight excluding hydrogens is 330 g/mol. The van der Waals surface area contributed by atoms with E-state index in [9.17, 15) is 13.2 Å². The monoisotopic (exact) mass is 349 g/mol. The topological polar surface area (TPSA) is 79.4 Å². The predicted octanol–water partition coefficient (Wildman–Crippen LogP) is 1.27.